The van der Waals surface area contributed by atoms with Crippen LogP contribution in [-0.2, 0) is 7.05 Å². The minimum atomic E-state index is -0.109. The Morgan fingerprint density at radius 1 is 1.79 bits per heavy atom. The average Bonchev–Trinajstić information content (AvgIpc) is 2.60. The van der Waals surface area contributed by atoms with Crippen molar-refractivity contribution in [1.82, 2.24) is 14.9 Å². The summed E-state index contributed by atoms with van der Waals surface area (Å²) < 4.78 is 1.68. The molecule has 1 rings (SSSR count). The van der Waals surface area contributed by atoms with E-state index in [1.54, 1.807) is 24.1 Å². The molecule has 0 saturated heterocycles. The molecule has 0 saturated carbocycles. The van der Waals surface area contributed by atoms with Crippen molar-refractivity contribution in [1.29, 1.82) is 0 Å². The third-order valence-corrected chi connectivity index (χ3v) is 2.45. The number of aryl methyl sites for hydroxylation is 1. The maximum absolute atomic E-state index is 11.5. The molecule has 1 atom stereocenters. The number of aromatic nitrogens is 2. The standard InChI is InChI=1S/C9H14ClN3O/c1-7(3-10)4-12-9(14)8-5-11-6-13(8)2/h5-7H,3-4H2,1-2H3,(H,12,14). The summed E-state index contributed by atoms with van der Waals surface area (Å²) in [5, 5.41) is 2.79. The van der Waals surface area contributed by atoms with Crippen LogP contribution in [0.3, 0.4) is 0 Å². The van der Waals surface area contributed by atoms with Gasteiger partial charge in [-0.2, -0.15) is 0 Å². The van der Waals surface area contributed by atoms with Crippen LogP contribution >= 0.6 is 11.6 Å². The number of carbonyl (C=O) groups is 1. The molecule has 0 bridgehead atoms. The Hall–Kier alpha value is -1.03. The molecule has 1 heterocycles. The molecule has 0 aliphatic rings. The summed E-state index contributed by atoms with van der Waals surface area (Å²) in [6, 6.07) is 0. The summed E-state index contributed by atoms with van der Waals surface area (Å²) >= 11 is 5.62. The zero-order valence-electron chi connectivity index (χ0n) is 8.33. The van der Waals surface area contributed by atoms with Gasteiger partial charge in [-0.05, 0) is 5.92 Å². The summed E-state index contributed by atoms with van der Waals surface area (Å²) in [5.41, 5.74) is 0.562. The predicted molar refractivity (Wildman–Crippen MR) is 55.4 cm³/mol. The first-order chi connectivity index (χ1) is 6.65. The van der Waals surface area contributed by atoms with Crippen LogP contribution in [0.1, 0.15) is 17.4 Å². The Balaban J connectivity index is 2.47. The SMILES string of the molecule is CC(CCl)CNC(=O)c1cncn1C. The summed E-state index contributed by atoms with van der Waals surface area (Å²) in [6.45, 7) is 2.57. The van der Waals surface area contributed by atoms with Gasteiger partial charge in [-0.3, -0.25) is 4.79 Å². The van der Waals surface area contributed by atoms with E-state index >= 15 is 0 Å². The molecular weight excluding hydrogens is 202 g/mol. The first kappa shape index (κ1) is 11.0. The smallest absolute Gasteiger partial charge is 0.269 e. The summed E-state index contributed by atoms with van der Waals surface area (Å²) in [6.07, 6.45) is 3.14. The molecular formula is C9H14ClN3O. The molecule has 1 unspecified atom stereocenters. The molecule has 0 spiro atoms. The van der Waals surface area contributed by atoms with Crippen LogP contribution in [0.4, 0.5) is 0 Å². The van der Waals surface area contributed by atoms with Crippen molar-refractivity contribution in [2.75, 3.05) is 12.4 Å². The van der Waals surface area contributed by atoms with Gasteiger partial charge >= 0.3 is 0 Å². The van der Waals surface area contributed by atoms with Crippen LogP contribution in [0.2, 0.25) is 0 Å². The molecule has 4 nitrogen and oxygen atoms in total. The van der Waals surface area contributed by atoms with Crippen molar-refractivity contribution in [3.63, 3.8) is 0 Å². The number of alkyl halides is 1. The fraction of sp³-hybridized carbons (Fsp3) is 0.556. The number of nitrogens with zero attached hydrogens (tertiary/aromatic N) is 2. The van der Waals surface area contributed by atoms with Crippen LogP contribution in [-0.4, -0.2) is 27.9 Å². The highest BCUT2D eigenvalue weighted by molar-refractivity contribution is 6.18. The van der Waals surface area contributed by atoms with E-state index in [2.05, 4.69) is 10.3 Å². The van der Waals surface area contributed by atoms with Gasteiger partial charge in [-0.25, -0.2) is 4.98 Å². The molecule has 0 fully saturated rings. The molecule has 14 heavy (non-hydrogen) atoms. The molecule has 1 amide bonds. The maximum Gasteiger partial charge on any atom is 0.269 e. The average molecular weight is 216 g/mol. The Kier molecular flexibility index (Phi) is 3.95. The quantitative estimate of drug-likeness (QED) is 0.763. The lowest BCUT2D eigenvalue weighted by molar-refractivity contribution is 0.0941. The van der Waals surface area contributed by atoms with Gasteiger partial charge in [0, 0.05) is 19.5 Å². The molecule has 78 valence electrons. The van der Waals surface area contributed by atoms with E-state index < -0.39 is 0 Å². The van der Waals surface area contributed by atoms with Gasteiger partial charge in [0.25, 0.3) is 5.91 Å². The first-order valence-corrected chi connectivity index (χ1v) is 4.99. The van der Waals surface area contributed by atoms with Crippen LogP contribution in [0, 0.1) is 5.92 Å². The summed E-state index contributed by atoms with van der Waals surface area (Å²) in [5.74, 6) is 0.724. The fourth-order valence-electron chi connectivity index (χ4n) is 0.988. The number of nitrogens with one attached hydrogen (secondary N) is 1. The van der Waals surface area contributed by atoms with Crippen molar-refractivity contribution >= 4 is 17.5 Å². The highest BCUT2D eigenvalue weighted by Gasteiger charge is 2.10. The number of hydrogen-bond acceptors (Lipinski definition) is 2. The van der Waals surface area contributed by atoms with E-state index in [4.69, 9.17) is 11.6 Å². The maximum atomic E-state index is 11.5. The van der Waals surface area contributed by atoms with Gasteiger partial charge < -0.3 is 9.88 Å². The van der Waals surface area contributed by atoms with Crippen molar-refractivity contribution in [2.24, 2.45) is 13.0 Å². The van der Waals surface area contributed by atoms with E-state index in [1.165, 1.54) is 0 Å². The van der Waals surface area contributed by atoms with Crippen molar-refractivity contribution in [3.8, 4) is 0 Å². The van der Waals surface area contributed by atoms with Crippen molar-refractivity contribution in [2.45, 2.75) is 6.92 Å². The second kappa shape index (κ2) is 5.00. The topological polar surface area (TPSA) is 46.9 Å². The van der Waals surface area contributed by atoms with E-state index in [0.717, 1.165) is 0 Å². The van der Waals surface area contributed by atoms with E-state index in [-0.39, 0.29) is 11.8 Å². The van der Waals surface area contributed by atoms with Crippen LogP contribution in [0.5, 0.6) is 0 Å². The third kappa shape index (κ3) is 2.73. The number of carbonyl (C=O) groups excluding carboxylic acids is 1. The van der Waals surface area contributed by atoms with E-state index in [1.807, 2.05) is 6.92 Å². The fourth-order valence-corrected chi connectivity index (χ4v) is 1.10. The van der Waals surface area contributed by atoms with Crippen LogP contribution in [0.15, 0.2) is 12.5 Å². The highest BCUT2D eigenvalue weighted by atomic mass is 35.5. The summed E-state index contributed by atoms with van der Waals surface area (Å²) in [4.78, 5) is 15.4. The normalized spacial score (nSPS) is 12.5. The Morgan fingerprint density at radius 3 is 3.00 bits per heavy atom. The monoisotopic (exact) mass is 215 g/mol. The second-order valence-electron chi connectivity index (χ2n) is 3.36. The second-order valence-corrected chi connectivity index (χ2v) is 3.67. The van der Waals surface area contributed by atoms with Crippen LogP contribution in [0.25, 0.3) is 0 Å². The lowest BCUT2D eigenvalue weighted by Crippen LogP contribution is -2.30. The molecule has 1 aromatic heterocycles. The van der Waals surface area contributed by atoms with Crippen molar-refractivity contribution in [3.05, 3.63) is 18.2 Å². The Morgan fingerprint density at radius 2 is 2.50 bits per heavy atom. The highest BCUT2D eigenvalue weighted by Crippen LogP contribution is 1.98. The van der Waals surface area contributed by atoms with Gasteiger partial charge in [0.15, 0.2) is 0 Å². The van der Waals surface area contributed by atoms with Gasteiger partial charge in [0.2, 0.25) is 0 Å². The third-order valence-electron chi connectivity index (χ3n) is 1.92. The zero-order valence-corrected chi connectivity index (χ0v) is 9.08. The molecule has 1 aromatic rings. The van der Waals surface area contributed by atoms with Crippen LogP contribution < -0.4 is 5.32 Å². The molecule has 0 aliphatic heterocycles. The Labute approximate surface area is 88.3 Å². The molecule has 1 N–H and O–H groups in total. The Bertz CT molecular complexity index is 311. The molecule has 5 heteroatoms. The zero-order chi connectivity index (χ0) is 10.6. The van der Waals surface area contributed by atoms with Gasteiger partial charge in [-0.15, -0.1) is 11.6 Å². The number of hydrogen-bond donors (Lipinski definition) is 1. The number of halogens is 1. The molecule has 0 radical (unpaired) electrons. The van der Waals surface area contributed by atoms with Crippen molar-refractivity contribution < 1.29 is 4.79 Å². The molecule has 0 aromatic carbocycles. The molecule has 0 aliphatic carbocycles. The minimum absolute atomic E-state index is 0.109. The summed E-state index contributed by atoms with van der Waals surface area (Å²) in [7, 11) is 1.78. The lowest BCUT2D eigenvalue weighted by Gasteiger charge is -2.09. The first-order valence-electron chi connectivity index (χ1n) is 4.45. The van der Waals surface area contributed by atoms with Gasteiger partial charge in [0.1, 0.15) is 5.69 Å². The van der Waals surface area contributed by atoms with Gasteiger partial charge in [-0.1, -0.05) is 6.92 Å². The van der Waals surface area contributed by atoms with E-state index in [9.17, 15) is 4.79 Å². The predicted octanol–water partition coefficient (Wildman–Crippen LogP) is 1.02. The van der Waals surface area contributed by atoms with E-state index in [0.29, 0.717) is 18.1 Å². The van der Waals surface area contributed by atoms with Gasteiger partial charge in [0.05, 0.1) is 12.5 Å². The number of imidazole rings is 1. The minimum Gasteiger partial charge on any atom is -0.350 e. The number of rotatable bonds is 4. The number of amides is 1. The largest absolute Gasteiger partial charge is 0.350 e. The lowest BCUT2D eigenvalue weighted by atomic mass is 10.2.